The third-order valence-electron chi connectivity index (χ3n) is 4.36. The zero-order chi connectivity index (χ0) is 19.3. The molecule has 0 radical (unpaired) electrons. The van der Waals surface area contributed by atoms with Gasteiger partial charge in [0.05, 0.1) is 5.69 Å². The van der Waals surface area contributed by atoms with Gasteiger partial charge < -0.3 is 0 Å². The van der Waals surface area contributed by atoms with Crippen molar-refractivity contribution in [1.82, 2.24) is 9.99 Å². The molecule has 138 valence electrons. The summed E-state index contributed by atoms with van der Waals surface area (Å²) in [6, 6.07) is 27.5. The van der Waals surface area contributed by atoms with Crippen molar-refractivity contribution in [1.29, 1.82) is 0 Å². The minimum Gasteiger partial charge on any atom is -0.284 e. The number of amides is 1. The number of thiazole rings is 1. The molecule has 4 rings (SSSR count). The van der Waals surface area contributed by atoms with Gasteiger partial charge in [-0.3, -0.25) is 9.36 Å². The van der Waals surface area contributed by atoms with Crippen molar-refractivity contribution in [3.8, 4) is 16.9 Å². The molecule has 1 heterocycles. The largest absolute Gasteiger partial charge is 0.284 e. The van der Waals surface area contributed by atoms with E-state index in [0.717, 1.165) is 16.9 Å². The minimum absolute atomic E-state index is 0.231. The molecule has 4 nitrogen and oxygen atoms in total. The number of hydrogen-bond donors (Lipinski definition) is 1. The fourth-order valence-electron chi connectivity index (χ4n) is 2.89. The second-order valence-electron chi connectivity index (χ2n) is 6.36. The van der Waals surface area contributed by atoms with Crippen LogP contribution in [0.4, 0.5) is 0 Å². The predicted octanol–water partition coefficient (Wildman–Crippen LogP) is 4.76. The first-order valence-corrected chi connectivity index (χ1v) is 9.82. The number of hydrogen-bond acceptors (Lipinski definition) is 3. The van der Waals surface area contributed by atoms with Gasteiger partial charge in [-0.1, -0.05) is 66.2 Å². The molecule has 0 aliphatic carbocycles. The monoisotopic (exact) mass is 385 g/mol. The minimum atomic E-state index is -0.231. The Labute approximate surface area is 167 Å². The van der Waals surface area contributed by atoms with E-state index in [4.69, 9.17) is 0 Å². The summed E-state index contributed by atoms with van der Waals surface area (Å²) in [4.78, 5) is 13.1. The standard InChI is InChI=1S/C23H19N3OS/c1-17-12-14-18(15-13-17)21-16-28-23(26(21)20-10-6-3-7-11-20)25-24-22(27)19-8-4-2-5-9-19/h2-16H,1H3,(H,24,27)/b25-23+. The lowest BCUT2D eigenvalue weighted by molar-refractivity contribution is 0.0953. The number of aryl methyl sites for hydroxylation is 1. The second-order valence-corrected chi connectivity index (χ2v) is 7.20. The molecular formula is C23H19N3OS. The third-order valence-corrected chi connectivity index (χ3v) is 5.18. The molecule has 28 heavy (non-hydrogen) atoms. The zero-order valence-corrected chi connectivity index (χ0v) is 16.2. The van der Waals surface area contributed by atoms with Crippen LogP contribution in [0.3, 0.4) is 0 Å². The summed E-state index contributed by atoms with van der Waals surface area (Å²) in [7, 11) is 0. The van der Waals surface area contributed by atoms with Crippen molar-refractivity contribution in [3.05, 3.63) is 106 Å². The smallest absolute Gasteiger partial charge is 0.271 e. The molecule has 0 bridgehead atoms. The van der Waals surface area contributed by atoms with E-state index in [9.17, 15) is 4.79 Å². The van der Waals surface area contributed by atoms with Gasteiger partial charge in [-0.05, 0) is 36.8 Å². The van der Waals surface area contributed by atoms with Crippen LogP contribution in [0.1, 0.15) is 15.9 Å². The van der Waals surface area contributed by atoms with Gasteiger partial charge in [0.15, 0.2) is 0 Å². The molecule has 0 fully saturated rings. The van der Waals surface area contributed by atoms with Gasteiger partial charge in [0, 0.05) is 16.6 Å². The molecule has 0 unspecified atom stereocenters. The van der Waals surface area contributed by atoms with E-state index >= 15 is 0 Å². The van der Waals surface area contributed by atoms with Gasteiger partial charge in [0.25, 0.3) is 5.91 Å². The first-order chi connectivity index (χ1) is 13.7. The van der Waals surface area contributed by atoms with Crippen LogP contribution in [0.2, 0.25) is 0 Å². The summed E-state index contributed by atoms with van der Waals surface area (Å²) < 4.78 is 2.06. The van der Waals surface area contributed by atoms with E-state index in [1.165, 1.54) is 16.9 Å². The summed E-state index contributed by atoms with van der Waals surface area (Å²) in [6.45, 7) is 2.07. The molecule has 0 aliphatic heterocycles. The maximum atomic E-state index is 12.4. The lowest BCUT2D eigenvalue weighted by atomic mass is 10.1. The average Bonchev–Trinajstić information content (AvgIpc) is 3.17. The SMILES string of the molecule is Cc1ccc(-c2cs/c(=N/NC(=O)c3ccccc3)n2-c2ccccc2)cc1. The number of rotatable bonds is 4. The van der Waals surface area contributed by atoms with E-state index in [1.54, 1.807) is 12.1 Å². The Morgan fingerprint density at radius 3 is 2.21 bits per heavy atom. The predicted molar refractivity (Wildman–Crippen MR) is 113 cm³/mol. The number of carbonyl (C=O) groups is 1. The van der Waals surface area contributed by atoms with E-state index in [-0.39, 0.29) is 5.91 Å². The first kappa shape index (κ1) is 17.9. The fraction of sp³-hybridized carbons (Fsp3) is 0.0435. The van der Waals surface area contributed by atoms with Gasteiger partial charge in [-0.2, -0.15) is 0 Å². The van der Waals surface area contributed by atoms with Crippen molar-refractivity contribution in [2.75, 3.05) is 0 Å². The Kier molecular flexibility index (Phi) is 5.17. The molecule has 5 heteroatoms. The lowest BCUT2D eigenvalue weighted by Crippen LogP contribution is -2.24. The molecular weight excluding hydrogens is 366 g/mol. The van der Waals surface area contributed by atoms with Crippen molar-refractivity contribution in [3.63, 3.8) is 0 Å². The van der Waals surface area contributed by atoms with E-state index in [1.807, 2.05) is 48.5 Å². The molecule has 1 aromatic heterocycles. The van der Waals surface area contributed by atoms with Gasteiger partial charge in [0.2, 0.25) is 4.80 Å². The van der Waals surface area contributed by atoms with Crippen molar-refractivity contribution in [2.24, 2.45) is 5.10 Å². The van der Waals surface area contributed by atoms with Crippen LogP contribution in [0.5, 0.6) is 0 Å². The zero-order valence-electron chi connectivity index (χ0n) is 15.4. The highest BCUT2D eigenvalue weighted by Crippen LogP contribution is 2.23. The summed E-state index contributed by atoms with van der Waals surface area (Å²) in [5.74, 6) is -0.231. The second kappa shape index (κ2) is 8.06. The molecule has 3 aromatic carbocycles. The highest BCUT2D eigenvalue weighted by molar-refractivity contribution is 7.07. The Balaban J connectivity index is 1.77. The number of aromatic nitrogens is 1. The number of carbonyl (C=O) groups excluding carboxylic acids is 1. The van der Waals surface area contributed by atoms with Crippen molar-refractivity contribution in [2.45, 2.75) is 6.92 Å². The molecule has 0 saturated carbocycles. The van der Waals surface area contributed by atoms with Crippen LogP contribution in [0.25, 0.3) is 16.9 Å². The van der Waals surface area contributed by atoms with Crippen LogP contribution in [-0.4, -0.2) is 10.5 Å². The number of nitrogens with one attached hydrogen (secondary N) is 1. The van der Waals surface area contributed by atoms with Crippen LogP contribution in [0, 0.1) is 6.92 Å². The van der Waals surface area contributed by atoms with E-state index in [2.05, 4.69) is 51.7 Å². The Bertz CT molecular complexity index is 1140. The van der Waals surface area contributed by atoms with Crippen molar-refractivity contribution < 1.29 is 4.79 Å². The summed E-state index contributed by atoms with van der Waals surface area (Å²) in [5, 5.41) is 6.47. The quantitative estimate of drug-likeness (QED) is 0.506. The van der Waals surface area contributed by atoms with Gasteiger partial charge in [-0.15, -0.1) is 16.4 Å². The van der Waals surface area contributed by atoms with Crippen LogP contribution >= 0.6 is 11.3 Å². The van der Waals surface area contributed by atoms with Gasteiger partial charge >= 0.3 is 0 Å². The third kappa shape index (κ3) is 3.80. The summed E-state index contributed by atoms with van der Waals surface area (Å²) in [6.07, 6.45) is 0. The molecule has 1 N–H and O–H groups in total. The topological polar surface area (TPSA) is 46.4 Å². The number of benzene rings is 3. The highest BCUT2D eigenvalue weighted by atomic mass is 32.1. The molecule has 0 atom stereocenters. The highest BCUT2D eigenvalue weighted by Gasteiger charge is 2.11. The Hall–Kier alpha value is -3.44. The van der Waals surface area contributed by atoms with Gasteiger partial charge in [0.1, 0.15) is 0 Å². The van der Waals surface area contributed by atoms with E-state index in [0.29, 0.717) is 10.4 Å². The lowest BCUT2D eigenvalue weighted by Gasteiger charge is -2.09. The van der Waals surface area contributed by atoms with Gasteiger partial charge in [-0.25, -0.2) is 5.43 Å². The summed E-state index contributed by atoms with van der Waals surface area (Å²) >= 11 is 1.49. The molecule has 0 spiro atoms. The number of para-hydroxylation sites is 1. The average molecular weight is 385 g/mol. The Morgan fingerprint density at radius 1 is 0.893 bits per heavy atom. The number of nitrogens with zero attached hydrogens (tertiary/aromatic N) is 2. The maximum Gasteiger partial charge on any atom is 0.271 e. The maximum absolute atomic E-state index is 12.4. The first-order valence-electron chi connectivity index (χ1n) is 8.94. The molecule has 0 saturated heterocycles. The molecule has 0 aliphatic rings. The molecule has 1 amide bonds. The van der Waals surface area contributed by atoms with Crippen molar-refractivity contribution >= 4 is 17.2 Å². The fourth-order valence-corrected chi connectivity index (χ4v) is 3.76. The normalized spacial score (nSPS) is 11.4. The van der Waals surface area contributed by atoms with Crippen LogP contribution in [-0.2, 0) is 0 Å². The summed E-state index contributed by atoms with van der Waals surface area (Å²) in [5.41, 5.74) is 7.59. The molecule has 4 aromatic rings. The van der Waals surface area contributed by atoms with E-state index < -0.39 is 0 Å². The van der Waals surface area contributed by atoms with Crippen LogP contribution in [0.15, 0.2) is 95.4 Å². The van der Waals surface area contributed by atoms with Crippen LogP contribution < -0.4 is 10.2 Å². The Morgan fingerprint density at radius 2 is 1.54 bits per heavy atom.